The molecule has 1 aliphatic heterocycles. The number of aliphatic hydroxyl groups excluding tert-OH is 2. The van der Waals surface area contributed by atoms with Gasteiger partial charge in [-0.05, 0) is 47.7 Å². The second-order valence-corrected chi connectivity index (χ2v) is 8.74. The third-order valence-corrected chi connectivity index (χ3v) is 7.08. The highest BCUT2D eigenvalue weighted by atomic mass is 35.5. The molecular formula is C19H20ClN5O3S. The van der Waals surface area contributed by atoms with Gasteiger partial charge in [-0.25, -0.2) is 4.98 Å². The number of fused-ring (bicyclic) bond motifs is 2. The molecule has 29 heavy (non-hydrogen) atoms. The van der Waals surface area contributed by atoms with Crippen molar-refractivity contribution >= 4 is 40.3 Å². The Morgan fingerprint density at radius 1 is 1.31 bits per heavy atom. The van der Waals surface area contributed by atoms with Crippen molar-refractivity contribution in [3.63, 3.8) is 0 Å². The summed E-state index contributed by atoms with van der Waals surface area (Å²) in [6.07, 6.45) is 1.83. The molecule has 0 spiro atoms. The molecule has 5 rings (SSSR count). The number of nitrogens with zero attached hydrogens (tertiary/aromatic N) is 4. The Morgan fingerprint density at radius 2 is 2.17 bits per heavy atom. The number of aromatic nitrogens is 4. The van der Waals surface area contributed by atoms with E-state index in [0.29, 0.717) is 22.7 Å². The summed E-state index contributed by atoms with van der Waals surface area (Å²) in [6, 6.07) is 6.19. The summed E-state index contributed by atoms with van der Waals surface area (Å²) in [7, 11) is 1.67. The maximum absolute atomic E-state index is 10.3. The second-order valence-electron chi connectivity index (χ2n) is 7.25. The van der Waals surface area contributed by atoms with Gasteiger partial charge in [0.2, 0.25) is 5.28 Å². The van der Waals surface area contributed by atoms with Crippen LogP contribution in [0.25, 0.3) is 11.2 Å². The number of hydrogen-bond acceptors (Lipinski definition) is 8. The summed E-state index contributed by atoms with van der Waals surface area (Å²) >= 11 is 7.67. The zero-order valence-electron chi connectivity index (χ0n) is 15.6. The van der Waals surface area contributed by atoms with E-state index in [9.17, 15) is 10.2 Å². The Bertz CT molecular complexity index is 1080. The fourth-order valence-corrected chi connectivity index (χ4v) is 5.49. The molecule has 2 aromatic heterocycles. The normalized spacial score (nSPS) is 26.1. The van der Waals surface area contributed by atoms with Gasteiger partial charge in [0.25, 0.3) is 0 Å². The Morgan fingerprint density at radius 3 is 2.93 bits per heavy atom. The van der Waals surface area contributed by atoms with Crippen LogP contribution < -0.4 is 10.1 Å². The molecule has 152 valence electrons. The first-order valence-electron chi connectivity index (χ1n) is 9.36. The zero-order valence-corrected chi connectivity index (χ0v) is 17.2. The van der Waals surface area contributed by atoms with Gasteiger partial charge in [0.15, 0.2) is 17.0 Å². The lowest BCUT2D eigenvalue weighted by molar-refractivity contribution is 0.0313. The summed E-state index contributed by atoms with van der Waals surface area (Å²) in [5.41, 5.74) is 3.58. The summed E-state index contributed by atoms with van der Waals surface area (Å²) in [5, 5.41) is 23.4. The van der Waals surface area contributed by atoms with Gasteiger partial charge in [-0.15, -0.1) is 11.8 Å². The Labute approximate surface area is 176 Å². The molecule has 0 amide bonds. The van der Waals surface area contributed by atoms with Crippen LogP contribution in [0.3, 0.4) is 0 Å². The monoisotopic (exact) mass is 433 g/mol. The van der Waals surface area contributed by atoms with Crippen LogP contribution in [-0.4, -0.2) is 54.8 Å². The van der Waals surface area contributed by atoms with Gasteiger partial charge >= 0.3 is 0 Å². The molecule has 3 N–H and O–H groups in total. The number of anilines is 1. The van der Waals surface area contributed by atoms with Gasteiger partial charge in [0.1, 0.15) is 17.2 Å². The van der Waals surface area contributed by atoms with E-state index in [-0.39, 0.29) is 16.7 Å². The van der Waals surface area contributed by atoms with Gasteiger partial charge in [-0.2, -0.15) is 9.97 Å². The molecule has 2 aliphatic rings. The molecule has 1 aliphatic carbocycles. The minimum Gasteiger partial charge on any atom is -0.497 e. The minimum atomic E-state index is -0.890. The Hall–Kier alpha value is -2.07. The van der Waals surface area contributed by atoms with E-state index >= 15 is 0 Å². The van der Waals surface area contributed by atoms with E-state index in [4.69, 9.17) is 16.3 Å². The highest BCUT2D eigenvalue weighted by Crippen LogP contribution is 2.40. The first kappa shape index (κ1) is 18.9. The standard InChI is InChI=1S/C19H20ClN5O3S/c1-28-10-3-4-11-9(6-10)2-5-12(11)22-16-14-17(24-19(20)23-16)25(8-21-14)18-15(27)13(26)7-29-18/h3-4,6,8,12-13,15,18,26-27H,2,5,7H2,1H3,(H,22,23,24)/t12-,13-,15-,18-/m1/s1. The van der Waals surface area contributed by atoms with Crippen LogP contribution in [-0.2, 0) is 6.42 Å². The molecule has 10 heteroatoms. The van der Waals surface area contributed by atoms with Crippen LogP contribution in [0.1, 0.15) is 29.0 Å². The molecule has 3 aromatic rings. The van der Waals surface area contributed by atoms with Gasteiger partial charge in [0.05, 0.1) is 25.6 Å². The topological polar surface area (TPSA) is 105 Å². The van der Waals surface area contributed by atoms with E-state index in [1.54, 1.807) is 18.0 Å². The quantitative estimate of drug-likeness (QED) is 0.539. The minimum absolute atomic E-state index is 0.0866. The van der Waals surface area contributed by atoms with Crippen LogP contribution in [0.15, 0.2) is 24.5 Å². The smallest absolute Gasteiger partial charge is 0.226 e. The molecule has 0 radical (unpaired) electrons. The number of aliphatic hydroxyl groups is 2. The zero-order chi connectivity index (χ0) is 20.1. The number of nitrogens with one attached hydrogen (secondary N) is 1. The third-order valence-electron chi connectivity index (χ3n) is 5.53. The van der Waals surface area contributed by atoms with E-state index in [2.05, 4.69) is 32.4 Å². The molecule has 8 nitrogen and oxygen atoms in total. The van der Waals surface area contributed by atoms with Crippen molar-refractivity contribution in [2.75, 3.05) is 18.2 Å². The predicted molar refractivity (Wildman–Crippen MR) is 112 cm³/mol. The highest BCUT2D eigenvalue weighted by Gasteiger charge is 2.36. The van der Waals surface area contributed by atoms with Crippen molar-refractivity contribution in [3.8, 4) is 5.75 Å². The summed E-state index contributed by atoms with van der Waals surface area (Å²) in [5.74, 6) is 1.87. The molecule has 4 atom stereocenters. The summed E-state index contributed by atoms with van der Waals surface area (Å²) in [4.78, 5) is 13.2. The maximum Gasteiger partial charge on any atom is 0.226 e. The summed E-state index contributed by atoms with van der Waals surface area (Å²) < 4.78 is 7.08. The van der Waals surface area contributed by atoms with Gasteiger partial charge in [-0.1, -0.05) is 6.07 Å². The average Bonchev–Trinajstić information content (AvgIpc) is 3.40. The lowest BCUT2D eigenvalue weighted by Gasteiger charge is -2.18. The summed E-state index contributed by atoms with van der Waals surface area (Å²) in [6.45, 7) is 0. The van der Waals surface area contributed by atoms with Crippen LogP contribution in [0.4, 0.5) is 5.82 Å². The Kier molecular flexibility index (Phi) is 4.78. The van der Waals surface area contributed by atoms with Gasteiger partial charge in [-0.3, -0.25) is 4.57 Å². The molecule has 0 saturated carbocycles. The van der Waals surface area contributed by atoms with E-state index in [1.807, 2.05) is 6.07 Å². The highest BCUT2D eigenvalue weighted by molar-refractivity contribution is 7.99. The predicted octanol–water partition coefficient (Wildman–Crippen LogP) is 2.55. The van der Waals surface area contributed by atoms with Crippen LogP contribution >= 0.6 is 23.4 Å². The lowest BCUT2D eigenvalue weighted by atomic mass is 10.1. The number of benzene rings is 1. The molecule has 0 bridgehead atoms. The SMILES string of the molecule is COc1ccc2c(c1)CC[C@H]2Nc1nc(Cl)nc2c1ncn2[C@@H]1SC[C@@H](O)[C@H]1O. The molecule has 1 saturated heterocycles. The van der Waals surface area contributed by atoms with Crippen molar-refractivity contribution in [1.29, 1.82) is 0 Å². The first-order valence-corrected chi connectivity index (χ1v) is 10.8. The fourth-order valence-electron chi connectivity index (χ4n) is 4.04. The Balaban J connectivity index is 1.49. The van der Waals surface area contributed by atoms with E-state index in [1.165, 1.54) is 22.9 Å². The molecule has 3 heterocycles. The van der Waals surface area contributed by atoms with Gasteiger partial charge < -0.3 is 20.3 Å². The van der Waals surface area contributed by atoms with E-state index < -0.39 is 12.2 Å². The largest absolute Gasteiger partial charge is 0.497 e. The van der Waals surface area contributed by atoms with Crippen LogP contribution in [0.5, 0.6) is 5.75 Å². The molecule has 1 aromatic carbocycles. The van der Waals surface area contributed by atoms with Gasteiger partial charge in [0, 0.05) is 5.75 Å². The molecule has 0 unspecified atom stereocenters. The lowest BCUT2D eigenvalue weighted by Crippen LogP contribution is -2.27. The van der Waals surface area contributed by atoms with E-state index in [0.717, 1.165) is 18.6 Å². The molecule has 1 fully saturated rings. The second kappa shape index (κ2) is 7.32. The number of rotatable bonds is 4. The van der Waals surface area contributed by atoms with Crippen LogP contribution in [0, 0.1) is 0 Å². The number of imidazole rings is 1. The number of hydrogen-bond donors (Lipinski definition) is 3. The number of methoxy groups -OCH3 is 1. The van der Waals surface area contributed by atoms with Crippen molar-refractivity contribution in [2.24, 2.45) is 0 Å². The maximum atomic E-state index is 10.3. The number of aryl methyl sites for hydroxylation is 1. The fraction of sp³-hybridized carbons (Fsp3) is 0.421. The van der Waals surface area contributed by atoms with Crippen LogP contribution in [0.2, 0.25) is 5.28 Å². The molecular weight excluding hydrogens is 414 g/mol. The number of ether oxygens (including phenoxy) is 1. The third kappa shape index (κ3) is 3.22. The number of halogens is 1. The average molecular weight is 434 g/mol. The van der Waals surface area contributed by atoms with Crippen molar-refractivity contribution in [2.45, 2.75) is 36.5 Å². The number of thioether (sulfide) groups is 1. The van der Waals surface area contributed by atoms with Crippen molar-refractivity contribution in [3.05, 3.63) is 40.9 Å². The first-order chi connectivity index (χ1) is 14.0. The van der Waals surface area contributed by atoms with Crippen molar-refractivity contribution < 1.29 is 14.9 Å². The van der Waals surface area contributed by atoms with Crippen molar-refractivity contribution in [1.82, 2.24) is 19.5 Å².